The van der Waals surface area contributed by atoms with Gasteiger partial charge in [0.05, 0.1) is 5.52 Å². The summed E-state index contributed by atoms with van der Waals surface area (Å²) < 4.78 is 13.8. The number of nitrogens with zero attached hydrogens (tertiary/aromatic N) is 2. The first-order chi connectivity index (χ1) is 10.1. The molecule has 0 radical (unpaired) electrons. The lowest BCUT2D eigenvalue weighted by atomic mass is 10.1. The lowest BCUT2D eigenvalue weighted by molar-refractivity contribution is -0.124. The van der Waals surface area contributed by atoms with Gasteiger partial charge in [0.25, 0.3) is 0 Å². The quantitative estimate of drug-likeness (QED) is 0.869. The van der Waals surface area contributed by atoms with Gasteiger partial charge in [-0.3, -0.25) is 14.7 Å². The molecule has 5 nitrogen and oxygen atoms in total. The number of fused-ring (bicyclic) bond motifs is 1. The average molecular weight is 288 g/mol. The van der Waals surface area contributed by atoms with Crippen LogP contribution in [0.25, 0.3) is 10.9 Å². The van der Waals surface area contributed by atoms with Crippen LogP contribution in [0, 0.1) is 5.82 Å². The first kappa shape index (κ1) is 13.9. The minimum atomic E-state index is -0.374. The van der Waals surface area contributed by atoms with E-state index in [-0.39, 0.29) is 17.8 Å². The fraction of sp³-hybridized carbons (Fsp3) is 0.333. The normalized spacial score (nSPS) is 19.8. The summed E-state index contributed by atoms with van der Waals surface area (Å²) in [6.07, 6.45) is 1.69. The van der Waals surface area contributed by atoms with Crippen molar-refractivity contribution in [2.45, 2.75) is 12.6 Å². The lowest BCUT2D eigenvalue weighted by Gasteiger charge is -2.34. The second-order valence-corrected chi connectivity index (χ2v) is 5.23. The molecule has 1 unspecified atom stereocenters. The van der Waals surface area contributed by atoms with Gasteiger partial charge in [0, 0.05) is 37.8 Å². The Morgan fingerprint density at radius 3 is 3.19 bits per heavy atom. The monoisotopic (exact) mass is 288 g/mol. The van der Waals surface area contributed by atoms with E-state index in [1.165, 1.54) is 12.1 Å². The third-order valence-electron chi connectivity index (χ3n) is 3.80. The van der Waals surface area contributed by atoms with Gasteiger partial charge < -0.3 is 11.1 Å². The number of aromatic nitrogens is 1. The highest BCUT2D eigenvalue weighted by Gasteiger charge is 2.27. The number of benzene rings is 1. The molecule has 1 aliphatic rings. The molecular formula is C15H17FN4O. The number of amides is 1. The van der Waals surface area contributed by atoms with E-state index in [1.54, 1.807) is 12.3 Å². The summed E-state index contributed by atoms with van der Waals surface area (Å²) in [7, 11) is 0. The fourth-order valence-corrected chi connectivity index (χ4v) is 2.78. The summed E-state index contributed by atoms with van der Waals surface area (Å²) in [4.78, 5) is 17.8. The number of nitrogens with one attached hydrogen (secondary N) is 1. The Morgan fingerprint density at radius 1 is 1.52 bits per heavy atom. The van der Waals surface area contributed by atoms with Crippen molar-refractivity contribution in [1.29, 1.82) is 0 Å². The van der Waals surface area contributed by atoms with Gasteiger partial charge in [0.15, 0.2) is 0 Å². The predicted octanol–water partition coefficient (Wildman–Crippen LogP) is 0.633. The molecule has 1 amide bonds. The lowest BCUT2D eigenvalue weighted by Crippen LogP contribution is -2.56. The van der Waals surface area contributed by atoms with Gasteiger partial charge in [-0.25, -0.2) is 4.39 Å². The van der Waals surface area contributed by atoms with Crippen LogP contribution >= 0.6 is 0 Å². The molecule has 0 spiro atoms. The van der Waals surface area contributed by atoms with Crippen LogP contribution in [-0.4, -0.2) is 41.5 Å². The maximum Gasteiger partial charge on any atom is 0.236 e. The van der Waals surface area contributed by atoms with Crippen molar-refractivity contribution in [3.8, 4) is 0 Å². The van der Waals surface area contributed by atoms with Gasteiger partial charge in [0.1, 0.15) is 11.9 Å². The van der Waals surface area contributed by atoms with Crippen LogP contribution in [0.5, 0.6) is 0 Å². The van der Waals surface area contributed by atoms with Crippen molar-refractivity contribution in [2.75, 3.05) is 19.6 Å². The van der Waals surface area contributed by atoms with E-state index in [9.17, 15) is 9.18 Å². The van der Waals surface area contributed by atoms with Crippen molar-refractivity contribution in [3.05, 3.63) is 41.8 Å². The second-order valence-electron chi connectivity index (χ2n) is 5.23. The molecule has 0 aliphatic carbocycles. The molecule has 1 atom stereocenters. The summed E-state index contributed by atoms with van der Waals surface area (Å²) in [5.74, 6) is -0.660. The number of hydrogen-bond donors (Lipinski definition) is 2. The molecule has 1 aromatic heterocycles. The second kappa shape index (κ2) is 5.75. The SMILES string of the molecule is NC(=O)C1CNCCN1Cc1cc(F)cc2cccnc12. The van der Waals surface area contributed by atoms with E-state index in [4.69, 9.17) is 5.73 Å². The summed E-state index contributed by atoms with van der Waals surface area (Å²) in [5, 5.41) is 3.91. The largest absolute Gasteiger partial charge is 0.368 e. The fourth-order valence-electron chi connectivity index (χ4n) is 2.78. The van der Waals surface area contributed by atoms with Crippen LogP contribution in [0.4, 0.5) is 4.39 Å². The molecule has 0 saturated carbocycles. The maximum absolute atomic E-state index is 13.8. The molecular weight excluding hydrogens is 271 g/mol. The van der Waals surface area contributed by atoms with Gasteiger partial charge in [-0.1, -0.05) is 6.07 Å². The van der Waals surface area contributed by atoms with Crippen LogP contribution < -0.4 is 11.1 Å². The van der Waals surface area contributed by atoms with Crippen LogP contribution in [0.2, 0.25) is 0 Å². The van der Waals surface area contributed by atoms with Gasteiger partial charge in [-0.2, -0.15) is 0 Å². The molecule has 3 rings (SSSR count). The van der Waals surface area contributed by atoms with Gasteiger partial charge in [-0.05, 0) is 23.8 Å². The standard InChI is InChI=1S/C15H17FN4O/c16-12-6-10-2-1-3-19-14(10)11(7-12)9-20-5-4-18-8-13(20)15(17)21/h1-3,6-7,13,18H,4-5,8-9H2,(H2,17,21). The van der Waals surface area contributed by atoms with E-state index in [1.807, 2.05) is 11.0 Å². The average Bonchev–Trinajstić information content (AvgIpc) is 2.47. The smallest absolute Gasteiger partial charge is 0.236 e. The zero-order chi connectivity index (χ0) is 14.8. The number of nitrogens with two attached hydrogens (primary N) is 1. The summed E-state index contributed by atoms with van der Waals surface area (Å²) in [5.41, 5.74) is 6.98. The van der Waals surface area contributed by atoms with Crippen molar-refractivity contribution < 1.29 is 9.18 Å². The molecule has 21 heavy (non-hydrogen) atoms. The molecule has 3 N–H and O–H groups in total. The topological polar surface area (TPSA) is 71.2 Å². The number of pyridine rings is 1. The third kappa shape index (κ3) is 2.86. The molecule has 2 aromatic rings. The molecule has 1 saturated heterocycles. The molecule has 6 heteroatoms. The third-order valence-corrected chi connectivity index (χ3v) is 3.80. The van der Waals surface area contributed by atoms with Crippen LogP contribution in [0.3, 0.4) is 0 Å². The van der Waals surface area contributed by atoms with Gasteiger partial charge in [-0.15, -0.1) is 0 Å². The highest BCUT2D eigenvalue weighted by Crippen LogP contribution is 2.21. The number of carbonyl (C=O) groups is 1. The minimum Gasteiger partial charge on any atom is -0.368 e. The predicted molar refractivity (Wildman–Crippen MR) is 78.0 cm³/mol. The van der Waals surface area contributed by atoms with E-state index in [2.05, 4.69) is 10.3 Å². The summed E-state index contributed by atoms with van der Waals surface area (Å²) in [6.45, 7) is 2.46. The molecule has 2 heterocycles. The van der Waals surface area contributed by atoms with Gasteiger partial charge in [0.2, 0.25) is 5.91 Å². The minimum absolute atomic E-state index is 0.295. The first-order valence-electron chi connectivity index (χ1n) is 6.92. The highest BCUT2D eigenvalue weighted by atomic mass is 19.1. The molecule has 1 aromatic carbocycles. The van der Waals surface area contributed by atoms with Crippen molar-refractivity contribution in [2.24, 2.45) is 5.73 Å². The van der Waals surface area contributed by atoms with Crippen LogP contribution in [-0.2, 0) is 11.3 Å². The van der Waals surface area contributed by atoms with E-state index in [0.717, 1.165) is 23.0 Å². The summed E-state index contributed by atoms with van der Waals surface area (Å²) >= 11 is 0. The number of halogens is 1. The van der Waals surface area contributed by atoms with Crippen LogP contribution in [0.1, 0.15) is 5.56 Å². The first-order valence-corrected chi connectivity index (χ1v) is 6.92. The Kier molecular flexibility index (Phi) is 3.81. The number of piperazine rings is 1. The number of hydrogen-bond acceptors (Lipinski definition) is 4. The number of primary amides is 1. The van der Waals surface area contributed by atoms with Crippen molar-refractivity contribution in [3.63, 3.8) is 0 Å². The molecule has 1 aliphatic heterocycles. The molecule has 110 valence electrons. The highest BCUT2D eigenvalue weighted by molar-refractivity contribution is 5.82. The molecule has 1 fully saturated rings. The Hall–Kier alpha value is -2.05. The summed E-state index contributed by atoms with van der Waals surface area (Å²) in [6, 6.07) is 6.19. The van der Waals surface area contributed by atoms with E-state index >= 15 is 0 Å². The van der Waals surface area contributed by atoms with E-state index < -0.39 is 0 Å². The Balaban J connectivity index is 1.95. The van der Waals surface area contributed by atoms with Crippen molar-refractivity contribution >= 4 is 16.8 Å². The Labute approximate surface area is 121 Å². The van der Waals surface area contributed by atoms with Gasteiger partial charge >= 0.3 is 0 Å². The number of rotatable bonds is 3. The molecule has 0 bridgehead atoms. The Bertz CT molecular complexity index is 676. The van der Waals surface area contributed by atoms with Crippen LogP contribution in [0.15, 0.2) is 30.5 Å². The maximum atomic E-state index is 13.8. The zero-order valence-corrected chi connectivity index (χ0v) is 11.6. The zero-order valence-electron chi connectivity index (χ0n) is 11.6. The van der Waals surface area contributed by atoms with Crippen molar-refractivity contribution in [1.82, 2.24) is 15.2 Å². The van der Waals surface area contributed by atoms with E-state index in [0.29, 0.717) is 19.6 Å². The Morgan fingerprint density at radius 2 is 2.38 bits per heavy atom. The number of carbonyl (C=O) groups excluding carboxylic acids is 1.